The Morgan fingerprint density at radius 1 is 1.42 bits per heavy atom. The van der Waals surface area contributed by atoms with Crippen LogP contribution in [0.25, 0.3) is 0 Å². The summed E-state index contributed by atoms with van der Waals surface area (Å²) in [5, 5.41) is 10.5. The normalized spacial score (nSPS) is 10.5. The van der Waals surface area contributed by atoms with Gasteiger partial charge in [0.05, 0.1) is 11.9 Å². The molecule has 0 bridgehead atoms. The van der Waals surface area contributed by atoms with E-state index in [4.69, 9.17) is 5.73 Å². The van der Waals surface area contributed by atoms with Gasteiger partial charge in [0, 0.05) is 12.2 Å². The van der Waals surface area contributed by atoms with Gasteiger partial charge < -0.3 is 11.1 Å². The van der Waals surface area contributed by atoms with E-state index in [-0.39, 0.29) is 12.5 Å². The highest BCUT2D eigenvalue weighted by Gasteiger charge is 2.08. The second-order valence-electron chi connectivity index (χ2n) is 4.41. The van der Waals surface area contributed by atoms with E-state index < -0.39 is 0 Å². The molecule has 0 saturated heterocycles. The van der Waals surface area contributed by atoms with Crippen molar-refractivity contribution in [3.05, 3.63) is 41.2 Å². The number of nitrogens with two attached hydrogens (primary N) is 1. The fraction of sp³-hybridized carbons (Fsp3) is 0.308. The van der Waals surface area contributed by atoms with Crippen LogP contribution in [-0.4, -0.2) is 20.9 Å². The number of carbonyl (C=O) groups is 1. The lowest BCUT2D eigenvalue weighted by molar-refractivity contribution is -0.116. The van der Waals surface area contributed by atoms with E-state index in [2.05, 4.69) is 15.6 Å². The maximum Gasteiger partial charge on any atom is 0.246 e. The predicted octanol–water partition coefficient (Wildman–Crippen LogP) is 0.992. The maximum absolute atomic E-state index is 11.9. The van der Waals surface area contributed by atoms with Gasteiger partial charge in [-0.15, -0.1) is 5.10 Å². The van der Waals surface area contributed by atoms with E-state index in [1.54, 1.807) is 6.20 Å². The maximum atomic E-state index is 11.9. The van der Waals surface area contributed by atoms with Crippen molar-refractivity contribution in [2.24, 2.45) is 5.73 Å². The molecule has 2 rings (SSSR count). The number of rotatable bonds is 4. The van der Waals surface area contributed by atoms with E-state index in [0.717, 1.165) is 16.8 Å². The van der Waals surface area contributed by atoms with Crippen LogP contribution in [0.2, 0.25) is 0 Å². The Bertz CT molecular complexity index is 590. The van der Waals surface area contributed by atoms with Gasteiger partial charge in [-0.05, 0) is 31.0 Å². The smallest absolute Gasteiger partial charge is 0.246 e. The Hall–Kier alpha value is -2.21. The summed E-state index contributed by atoms with van der Waals surface area (Å²) in [6.07, 6.45) is 1.67. The van der Waals surface area contributed by atoms with Gasteiger partial charge in [0.2, 0.25) is 5.91 Å². The average molecular weight is 259 g/mol. The number of aromatic nitrogens is 3. The molecule has 0 saturated carbocycles. The molecule has 0 spiro atoms. The van der Waals surface area contributed by atoms with Gasteiger partial charge >= 0.3 is 0 Å². The Morgan fingerprint density at radius 2 is 2.21 bits per heavy atom. The molecule has 3 N–H and O–H groups in total. The van der Waals surface area contributed by atoms with Crippen molar-refractivity contribution in [2.45, 2.75) is 26.9 Å². The molecule has 0 unspecified atom stereocenters. The van der Waals surface area contributed by atoms with Crippen molar-refractivity contribution in [2.75, 3.05) is 5.32 Å². The molecule has 1 amide bonds. The lowest BCUT2D eigenvalue weighted by atomic mass is 10.1. The second kappa shape index (κ2) is 5.62. The lowest BCUT2D eigenvalue weighted by Crippen LogP contribution is -2.19. The molecule has 1 aromatic carbocycles. The summed E-state index contributed by atoms with van der Waals surface area (Å²) in [7, 11) is 0. The number of hydrogen-bond donors (Lipinski definition) is 2. The first-order valence-corrected chi connectivity index (χ1v) is 6.05. The third-order valence-corrected chi connectivity index (χ3v) is 2.98. The first kappa shape index (κ1) is 13.2. The molecular weight excluding hydrogens is 242 g/mol. The quantitative estimate of drug-likeness (QED) is 0.857. The molecule has 0 aliphatic carbocycles. The van der Waals surface area contributed by atoms with Crippen LogP contribution < -0.4 is 11.1 Å². The van der Waals surface area contributed by atoms with Crippen LogP contribution in [0.15, 0.2) is 24.4 Å². The molecule has 0 radical (unpaired) electrons. The Kier molecular flexibility index (Phi) is 3.91. The van der Waals surface area contributed by atoms with Crippen LogP contribution in [0.4, 0.5) is 5.69 Å². The predicted molar refractivity (Wildman–Crippen MR) is 72.5 cm³/mol. The molecule has 0 fully saturated rings. The highest BCUT2D eigenvalue weighted by molar-refractivity contribution is 5.91. The first-order chi connectivity index (χ1) is 9.10. The van der Waals surface area contributed by atoms with E-state index in [1.807, 2.05) is 32.0 Å². The fourth-order valence-electron chi connectivity index (χ4n) is 1.73. The van der Waals surface area contributed by atoms with Gasteiger partial charge in [-0.1, -0.05) is 17.3 Å². The molecule has 19 heavy (non-hydrogen) atoms. The molecule has 2 aromatic rings. The molecule has 6 heteroatoms. The number of carbonyl (C=O) groups excluding carboxylic acids is 1. The van der Waals surface area contributed by atoms with Crippen molar-refractivity contribution < 1.29 is 4.79 Å². The highest BCUT2D eigenvalue weighted by Crippen LogP contribution is 2.17. The SMILES string of the molecule is Cc1cccc(NC(=O)Cn2cc(CN)nn2)c1C. The monoisotopic (exact) mass is 259 g/mol. The average Bonchev–Trinajstić information content (AvgIpc) is 2.82. The third-order valence-electron chi connectivity index (χ3n) is 2.98. The van der Waals surface area contributed by atoms with Gasteiger partial charge in [-0.25, -0.2) is 4.68 Å². The summed E-state index contributed by atoms with van der Waals surface area (Å²) in [5.41, 5.74) is 9.14. The van der Waals surface area contributed by atoms with Crippen molar-refractivity contribution in [1.29, 1.82) is 0 Å². The van der Waals surface area contributed by atoms with Crippen molar-refractivity contribution in [1.82, 2.24) is 15.0 Å². The molecule has 100 valence electrons. The topological polar surface area (TPSA) is 85.8 Å². The number of hydrogen-bond acceptors (Lipinski definition) is 4. The summed E-state index contributed by atoms with van der Waals surface area (Å²) in [4.78, 5) is 11.9. The van der Waals surface area contributed by atoms with Gasteiger partial charge in [-0.3, -0.25) is 4.79 Å². The van der Waals surface area contributed by atoms with Crippen LogP contribution in [0.5, 0.6) is 0 Å². The van der Waals surface area contributed by atoms with Crippen LogP contribution in [0, 0.1) is 13.8 Å². The number of anilines is 1. The summed E-state index contributed by atoms with van der Waals surface area (Å²) >= 11 is 0. The first-order valence-electron chi connectivity index (χ1n) is 6.05. The second-order valence-corrected chi connectivity index (χ2v) is 4.41. The molecule has 0 aliphatic rings. The van der Waals surface area contributed by atoms with E-state index >= 15 is 0 Å². The van der Waals surface area contributed by atoms with Crippen LogP contribution in [0.1, 0.15) is 16.8 Å². The number of benzene rings is 1. The number of nitrogens with one attached hydrogen (secondary N) is 1. The number of aryl methyl sites for hydroxylation is 1. The van der Waals surface area contributed by atoms with Gasteiger partial charge in [-0.2, -0.15) is 0 Å². The largest absolute Gasteiger partial charge is 0.325 e. The minimum absolute atomic E-state index is 0.125. The van der Waals surface area contributed by atoms with Crippen LogP contribution >= 0.6 is 0 Å². The Morgan fingerprint density at radius 3 is 2.89 bits per heavy atom. The molecule has 0 atom stereocenters. The molecular formula is C13H17N5O. The van der Waals surface area contributed by atoms with Gasteiger partial charge in [0.25, 0.3) is 0 Å². The number of amides is 1. The van der Waals surface area contributed by atoms with Crippen LogP contribution in [-0.2, 0) is 17.9 Å². The van der Waals surface area contributed by atoms with Crippen LogP contribution in [0.3, 0.4) is 0 Å². The van der Waals surface area contributed by atoms with Crippen molar-refractivity contribution >= 4 is 11.6 Å². The van der Waals surface area contributed by atoms with E-state index in [9.17, 15) is 4.79 Å². The van der Waals surface area contributed by atoms with Crippen molar-refractivity contribution in [3.63, 3.8) is 0 Å². The van der Waals surface area contributed by atoms with Gasteiger partial charge in [0.15, 0.2) is 0 Å². The summed E-state index contributed by atoms with van der Waals surface area (Å²) in [6, 6.07) is 5.81. The number of nitrogens with zero attached hydrogens (tertiary/aromatic N) is 3. The Balaban J connectivity index is 2.03. The molecule has 1 heterocycles. The summed E-state index contributed by atoms with van der Waals surface area (Å²) in [6.45, 7) is 4.43. The van der Waals surface area contributed by atoms with Crippen molar-refractivity contribution in [3.8, 4) is 0 Å². The summed E-state index contributed by atoms with van der Waals surface area (Å²) in [5.74, 6) is -0.137. The molecule has 1 aromatic heterocycles. The lowest BCUT2D eigenvalue weighted by Gasteiger charge is -2.10. The zero-order chi connectivity index (χ0) is 13.8. The molecule has 0 aliphatic heterocycles. The van der Waals surface area contributed by atoms with E-state index in [1.165, 1.54) is 4.68 Å². The zero-order valence-electron chi connectivity index (χ0n) is 11.1. The van der Waals surface area contributed by atoms with Gasteiger partial charge in [0.1, 0.15) is 6.54 Å². The van der Waals surface area contributed by atoms with E-state index in [0.29, 0.717) is 12.2 Å². The molecule has 6 nitrogen and oxygen atoms in total. The minimum atomic E-state index is -0.137. The third kappa shape index (κ3) is 3.17. The fourth-order valence-corrected chi connectivity index (χ4v) is 1.73. The Labute approximate surface area is 111 Å². The summed E-state index contributed by atoms with van der Waals surface area (Å²) < 4.78 is 1.47. The minimum Gasteiger partial charge on any atom is -0.325 e. The zero-order valence-corrected chi connectivity index (χ0v) is 11.1. The standard InChI is InChI=1S/C13H17N5O/c1-9-4-3-5-12(10(9)2)15-13(19)8-18-7-11(6-14)16-17-18/h3-5,7H,6,8,14H2,1-2H3,(H,15,19). The highest BCUT2D eigenvalue weighted by atomic mass is 16.2.